The Morgan fingerprint density at radius 3 is 2.53 bits per heavy atom. The molecule has 0 fully saturated rings. The standard InChI is InChI=1S/C12H18N2O2S.C8H18N2O.C2H6/c1-3-4-5-6-7-10(9-15-2)16-11-8-14-12(13)17-11;1-4-6-7(5-2)10-8(11)9-3;1-2/h3-4,8-9H,5-7H2,1-2H3,(H2,13,14);7H,4-6H2,1-3H3,(H2,9,10,11);1-2H3/b4-3-,10-9-;;. The zero-order valence-electron chi connectivity index (χ0n) is 19.8. The first-order chi connectivity index (χ1) is 14.5. The van der Waals surface area contributed by atoms with Gasteiger partial charge < -0.3 is 25.8 Å². The number of thiazole rings is 1. The number of hydrogen-bond acceptors (Lipinski definition) is 6. The Labute approximate surface area is 187 Å². The van der Waals surface area contributed by atoms with Crippen molar-refractivity contribution in [3.8, 4) is 5.06 Å². The lowest BCUT2D eigenvalue weighted by Crippen LogP contribution is -2.40. The van der Waals surface area contributed by atoms with Crippen LogP contribution in [0.2, 0.25) is 0 Å². The minimum absolute atomic E-state index is 0.0784. The number of anilines is 1. The molecule has 0 aliphatic heterocycles. The van der Waals surface area contributed by atoms with Crippen LogP contribution in [0.3, 0.4) is 0 Å². The highest BCUT2D eigenvalue weighted by atomic mass is 32.1. The molecule has 0 saturated heterocycles. The Morgan fingerprint density at radius 1 is 1.37 bits per heavy atom. The van der Waals surface area contributed by atoms with Crippen molar-refractivity contribution >= 4 is 22.5 Å². The fourth-order valence-electron chi connectivity index (χ4n) is 2.26. The second-order valence-electron chi connectivity index (χ2n) is 6.02. The van der Waals surface area contributed by atoms with Gasteiger partial charge in [0.1, 0.15) is 12.0 Å². The second-order valence-corrected chi connectivity index (χ2v) is 7.04. The Bertz CT molecular complexity index is 589. The van der Waals surface area contributed by atoms with Crippen LogP contribution in [0, 0.1) is 0 Å². The first-order valence-electron chi connectivity index (χ1n) is 10.7. The van der Waals surface area contributed by atoms with E-state index in [2.05, 4.69) is 35.5 Å². The van der Waals surface area contributed by atoms with E-state index < -0.39 is 0 Å². The van der Waals surface area contributed by atoms with Crippen molar-refractivity contribution in [2.24, 2.45) is 0 Å². The molecule has 7 nitrogen and oxygen atoms in total. The van der Waals surface area contributed by atoms with E-state index in [0.717, 1.165) is 44.3 Å². The monoisotopic (exact) mass is 442 g/mol. The van der Waals surface area contributed by atoms with E-state index >= 15 is 0 Å². The first-order valence-corrected chi connectivity index (χ1v) is 11.5. The maximum Gasteiger partial charge on any atom is 0.314 e. The van der Waals surface area contributed by atoms with E-state index in [9.17, 15) is 4.79 Å². The lowest BCUT2D eigenvalue weighted by molar-refractivity contribution is 0.237. The van der Waals surface area contributed by atoms with Crippen molar-refractivity contribution in [3.63, 3.8) is 0 Å². The SMILES string of the molecule is C/C=C\CCC/C(=C/OC)Oc1cnc(N)s1.CC.CCCC(CC)NC(=O)NC. The number of rotatable bonds is 11. The predicted octanol–water partition coefficient (Wildman–Crippen LogP) is 5.86. The van der Waals surface area contributed by atoms with Crippen molar-refractivity contribution in [3.05, 3.63) is 30.4 Å². The van der Waals surface area contributed by atoms with Crippen LogP contribution < -0.4 is 21.1 Å². The van der Waals surface area contributed by atoms with E-state index in [4.69, 9.17) is 15.2 Å². The Morgan fingerprint density at radius 2 is 2.07 bits per heavy atom. The lowest BCUT2D eigenvalue weighted by atomic mass is 10.1. The van der Waals surface area contributed by atoms with Gasteiger partial charge in [0, 0.05) is 19.5 Å². The van der Waals surface area contributed by atoms with Gasteiger partial charge in [-0.2, -0.15) is 0 Å². The minimum atomic E-state index is -0.0784. The fraction of sp³-hybridized carbons (Fsp3) is 0.636. The van der Waals surface area contributed by atoms with Crippen LogP contribution in [0.25, 0.3) is 0 Å². The maximum atomic E-state index is 10.8. The molecule has 8 heteroatoms. The van der Waals surface area contributed by atoms with Gasteiger partial charge in [0.2, 0.25) is 5.06 Å². The number of nitrogen functional groups attached to an aromatic ring is 1. The highest BCUT2D eigenvalue weighted by molar-refractivity contribution is 7.17. The summed E-state index contributed by atoms with van der Waals surface area (Å²) in [7, 11) is 3.24. The summed E-state index contributed by atoms with van der Waals surface area (Å²) < 4.78 is 10.6. The molecule has 1 atom stereocenters. The fourth-order valence-corrected chi connectivity index (χ4v) is 2.82. The van der Waals surface area contributed by atoms with Gasteiger partial charge in [-0.15, -0.1) is 0 Å². The number of nitrogens with one attached hydrogen (secondary N) is 2. The van der Waals surface area contributed by atoms with Gasteiger partial charge >= 0.3 is 6.03 Å². The maximum absolute atomic E-state index is 10.8. The number of methoxy groups -OCH3 is 1. The molecular formula is C22H42N4O3S. The Kier molecular flexibility index (Phi) is 21.5. The Balaban J connectivity index is 0. The largest absolute Gasteiger partial charge is 0.501 e. The van der Waals surface area contributed by atoms with Crippen LogP contribution in [0.1, 0.15) is 73.1 Å². The summed E-state index contributed by atoms with van der Waals surface area (Å²) in [6.45, 7) is 10.2. The van der Waals surface area contributed by atoms with Crippen molar-refractivity contribution in [1.82, 2.24) is 15.6 Å². The summed E-state index contributed by atoms with van der Waals surface area (Å²) in [6.07, 6.45) is 13.5. The molecule has 0 saturated carbocycles. The van der Waals surface area contributed by atoms with Gasteiger partial charge in [-0.25, -0.2) is 9.78 Å². The highest BCUT2D eigenvalue weighted by Gasteiger charge is 2.06. The molecule has 1 aromatic rings. The van der Waals surface area contributed by atoms with E-state index in [-0.39, 0.29) is 6.03 Å². The van der Waals surface area contributed by atoms with Gasteiger partial charge in [-0.1, -0.05) is 57.6 Å². The van der Waals surface area contributed by atoms with Crippen LogP contribution in [-0.2, 0) is 4.74 Å². The Hall–Kier alpha value is -2.22. The second kappa shape index (κ2) is 21.5. The number of nitrogens with zero attached hydrogens (tertiary/aromatic N) is 1. The smallest absolute Gasteiger partial charge is 0.314 e. The van der Waals surface area contributed by atoms with Gasteiger partial charge in [-0.05, 0) is 32.6 Å². The highest BCUT2D eigenvalue weighted by Crippen LogP contribution is 2.26. The predicted molar refractivity (Wildman–Crippen MR) is 129 cm³/mol. The summed E-state index contributed by atoms with van der Waals surface area (Å²) in [6, 6.07) is 0.255. The number of allylic oxidation sites excluding steroid dienone is 3. The number of nitrogens with two attached hydrogens (primary N) is 1. The minimum Gasteiger partial charge on any atom is -0.501 e. The molecule has 0 aromatic carbocycles. The van der Waals surface area contributed by atoms with E-state index in [0.29, 0.717) is 16.2 Å². The first kappa shape index (κ1) is 30.0. The van der Waals surface area contributed by atoms with Crippen LogP contribution in [0.4, 0.5) is 9.93 Å². The topological polar surface area (TPSA) is 98.5 Å². The molecular weight excluding hydrogens is 400 g/mol. The van der Waals surface area contributed by atoms with Crippen LogP contribution in [0.15, 0.2) is 30.4 Å². The zero-order chi connectivity index (χ0) is 23.2. The van der Waals surface area contributed by atoms with Gasteiger partial charge in [0.15, 0.2) is 5.13 Å². The van der Waals surface area contributed by atoms with E-state index in [1.165, 1.54) is 11.3 Å². The quantitative estimate of drug-likeness (QED) is 0.226. The average molecular weight is 443 g/mol. The van der Waals surface area contributed by atoms with Crippen molar-refractivity contribution in [2.75, 3.05) is 19.9 Å². The molecule has 0 aliphatic carbocycles. The van der Waals surface area contributed by atoms with Crippen LogP contribution >= 0.6 is 11.3 Å². The molecule has 0 bridgehead atoms. The number of amides is 2. The molecule has 30 heavy (non-hydrogen) atoms. The third kappa shape index (κ3) is 16.7. The third-order valence-corrected chi connectivity index (χ3v) is 4.41. The summed E-state index contributed by atoms with van der Waals surface area (Å²) in [5.41, 5.74) is 5.54. The summed E-state index contributed by atoms with van der Waals surface area (Å²) in [4.78, 5) is 14.8. The molecule has 1 rings (SSSR count). The van der Waals surface area contributed by atoms with Crippen LogP contribution in [-0.4, -0.2) is 31.2 Å². The zero-order valence-corrected chi connectivity index (χ0v) is 20.6. The molecule has 0 spiro atoms. The molecule has 1 aromatic heterocycles. The van der Waals surface area contributed by atoms with Crippen molar-refractivity contribution < 1.29 is 14.3 Å². The normalized spacial score (nSPS) is 11.5. The van der Waals surface area contributed by atoms with Gasteiger partial charge in [0.25, 0.3) is 0 Å². The number of carbonyl (C=O) groups is 1. The average Bonchev–Trinajstić information content (AvgIpc) is 3.17. The number of hydrogen-bond donors (Lipinski definition) is 3. The molecule has 1 heterocycles. The van der Waals surface area contributed by atoms with Gasteiger partial charge in [-0.3, -0.25) is 0 Å². The van der Waals surface area contributed by atoms with Crippen molar-refractivity contribution in [1.29, 1.82) is 0 Å². The number of unbranched alkanes of at least 4 members (excludes halogenated alkanes) is 1. The van der Waals surface area contributed by atoms with Crippen LogP contribution in [0.5, 0.6) is 5.06 Å². The molecule has 1 unspecified atom stereocenters. The lowest BCUT2D eigenvalue weighted by Gasteiger charge is -2.14. The molecule has 174 valence electrons. The summed E-state index contributed by atoms with van der Waals surface area (Å²) >= 11 is 1.32. The van der Waals surface area contributed by atoms with Gasteiger partial charge in [0.05, 0.1) is 13.3 Å². The molecule has 2 amide bonds. The molecule has 0 aliphatic rings. The summed E-state index contributed by atoms with van der Waals surface area (Å²) in [5.74, 6) is 0.792. The molecule has 4 N–H and O–H groups in total. The summed E-state index contributed by atoms with van der Waals surface area (Å²) in [5, 5.41) is 6.60. The number of carbonyl (C=O) groups excluding carboxylic acids is 1. The van der Waals surface area contributed by atoms with E-state index in [1.807, 2.05) is 26.8 Å². The van der Waals surface area contributed by atoms with E-state index in [1.54, 1.807) is 26.6 Å². The number of aromatic nitrogens is 1. The third-order valence-electron chi connectivity index (χ3n) is 3.71. The number of ether oxygens (including phenoxy) is 2. The molecule has 0 radical (unpaired) electrons. The van der Waals surface area contributed by atoms with Crippen molar-refractivity contribution in [2.45, 2.75) is 79.2 Å². The number of urea groups is 1.